The van der Waals surface area contributed by atoms with E-state index in [4.69, 9.17) is 10.2 Å². The fourth-order valence-electron chi connectivity index (χ4n) is 1.96. The van der Waals surface area contributed by atoms with Crippen LogP contribution in [0.3, 0.4) is 0 Å². The number of carbonyl (C=O) groups is 1. The molecule has 0 fully saturated rings. The number of rotatable bonds is 4. The zero-order chi connectivity index (χ0) is 13.8. The van der Waals surface area contributed by atoms with Crippen LogP contribution in [0.4, 0.5) is 5.69 Å². The normalized spacial score (nSPS) is 9.90. The van der Waals surface area contributed by atoms with E-state index in [1.165, 1.54) is 0 Å². The molecule has 0 bridgehead atoms. The Kier molecular flexibility index (Phi) is 5.65. The lowest BCUT2D eigenvalue weighted by atomic mass is 10.1. The van der Waals surface area contributed by atoms with Crippen molar-refractivity contribution in [1.82, 2.24) is 5.32 Å². The molecule has 2 rings (SSSR count). The maximum atomic E-state index is 11.9. The molecule has 0 spiro atoms. The molecule has 1 heterocycles. The van der Waals surface area contributed by atoms with E-state index in [2.05, 4.69) is 5.32 Å². The lowest BCUT2D eigenvalue weighted by molar-refractivity contribution is 0.0952. The van der Waals surface area contributed by atoms with Crippen molar-refractivity contribution in [1.29, 1.82) is 0 Å². The lowest BCUT2D eigenvalue weighted by Gasteiger charge is -2.05. The first-order valence-corrected chi connectivity index (χ1v) is 6.26. The van der Waals surface area contributed by atoms with Crippen molar-refractivity contribution in [2.45, 2.75) is 20.3 Å². The van der Waals surface area contributed by atoms with Crippen LogP contribution in [0.1, 0.15) is 27.4 Å². The number of halogens is 1. The molecule has 5 heteroatoms. The highest BCUT2D eigenvalue weighted by atomic mass is 35.5. The first-order chi connectivity index (χ1) is 9.06. The highest BCUT2D eigenvalue weighted by molar-refractivity contribution is 5.95. The molecular formula is C15H19ClN2O2. The Morgan fingerprint density at radius 2 is 1.90 bits per heavy atom. The van der Waals surface area contributed by atoms with E-state index < -0.39 is 0 Å². The molecule has 0 aliphatic carbocycles. The number of nitrogen functional groups attached to an aromatic ring is 1. The predicted octanol–water partition coefficient (Wildman–Crippen LogP) is 2.87. The van der Waals surface area contributed by atoms with Gasteiger partial charge in [0.05, 0.1) is 5.56 Å². The van der Waals surface area contributed by atoms with E-state index >= 15 is 0 Å². The SMILES string of the molecule is Cc1cc(C(=O)NCCc2ccc(N)cc2)c(C)o1.Cl. The number of carbonyl (C=O) groups excluding carboxylic acids is 1. The topological polar surface area (TPSA) is 68.3 Å². The quantitative estimate of drug-likeness (QED) is 0.852. The molecule has 1 aromatic heterocycles. The number of anilines is 1. The summed E-state index contributed by atoms with van der Waals surface area (Å²) in [7, 11) is 0. The van der Waals surface area contributed by atoms with Crippen molar-refractivity contribution < 1.29 is 9.21 Å². The average Bonchev–Trinajstić information content (AvgIpc) is 2.71. The van der Waals surface area contributed by atoms with E-state index in [-0.39, 0.29) is 18.3 Å². The first-order valence-electron chi connectivity index (χ1n) is 6.26. The fraction of sp³-hybridized carbons (Fsp3) is 0.267. The number of hydrogen-bond acceptors (Lipinski definition) is 3. The summed E-state index contributed by atoms with van der Waals surface area (Å²) in [6.45, 7) is 4.21. The number of amides is 1. The van der Waals surface area contributed by atoms with Crippen molar-refractivity contribution in [2.75, 3.05) is 12.3 Å². The second kappa shape index (κ2) is 7.01. The molecule has 108 valence electrons. The number of hydrogen-bond donors (Lipinski definition) is 2. The minimum atomic E-state index is -0.0928. The van der Waals surface area contributed by atoms with E-state index in [9.17, 15) is 4.79 Å². The van der Waals surface area contributed by atoms with Crippen LogP contribution in [0.25, 0.3) is 0 Å². The van der Waals surface area contributed by atoms with Crippen LogP contribution in [0.15, 0.2) is 34.7 Å². The second-order valence-corrected chi connectivity index (χ2v) is 4.57. The number of nitrogens with one attached hydrogen (secondary N) is 1. The highest BCUT2D eigenvalue weighted by Crippen LogP contribution is 2.13. The van der Waals surface area contributed by atoms with Gasteiger partial charge in [0.1, 0.15) is 11.5 Å². The standard InChI is InChI=1S/C15H18N2O2.ClH/c1-10-9-14(11(2)19-10)15(18)17-8-7-12-3-5-13(16)6-4-12;/h3-6,9H,7-8,16H2,1-2H3,(H,17,18);1H. The third kappa shape index (κ3) is 4.03. The van der Waals surface area contributed by atoms with Gasteiger partial charge in [-0.2, -0.15) is 0 Å². The van der Waals surface area contributed by atoms with Gasteiger partial charge >= 0.3 is 0 Å². The number of nitrogens with two attached hydrogens (primary N) is 1. The third-order valence-corrected chi connectivity index (χ3v) is 2.96. The van der Waals surface area contributed by atoms with Crippen molar-refractivity contribution >= 4 is 24.0 Å². The Hall–Kier alpha value is -1.94. The maximum Gasteiger partial charge on any atom is 0.254 e. The van der Waals surface area contributed by atoms with Gasteiger partial charge < -0.3 is 15.5 Å². The molecular weight excluding hydrogens is 276 g/mol. The molecule has 2 aromatic rings. The molecule has 0 radical (unpaired) electrons. The van der Waals surface area contributed by atoms with Crippen LogP contribution in [0, 0.1) is 13.8 Å². The van der Waals surface area contributed by atoms with Gasteiger partial charge in [-0.15, -0.1) is 12.4 Å². The van der Waals surface area contributed by atoms with Crippen LogP contribution in [0.5, 0.6) is 0 Å². The lowest BCUT2D eigenvalue weighted by Crippen LogP contribution is -2.25. The molecule has 0 unspecified atom stereocenters. The molecule has 0 atom stereocenters. The summed E-state index contributed by atoms with van der Waals surface area (Å²) < 4.78 is 5.34. The van der Waals surface area contributed by atoms with Gasteiger partial charge in [-0.05, 0) is 44.0 Å². The molecule has 3 N–H and O–H groups in total. The van der Waals surface area contributed by atoms with Gasteiger partial charge in [-0.3, -0.25) is 4.79 Å². The van der Waals surface area contributed by atoms with Crippen LogP contribution in [-0.2, 0) is 6.42 Å². The van der Waals surface area contributed by atoms with E-state index in [0.717, 1.165) is 23.4 Å². The fourth-order valence-corrected chi connectivity index (χ4v) is 1.96. The van der Waals surface area contributed by atoms with Crippen molar-refractivity contribution in [3.8, 4) is 0 Å². The molecule has 20 heavy (non-hydrogen) atoms. The molecule has 0 aliphatic heterocycles. The van der Waals surface area contributed by atoms with E-state index in [1.54, 1.807) is 13.0 Å². The molecule has 1 amide bonds. The second-order valence-electron chi connectivity index (χ2n) is 4.57. The summed E-state index contributed by atoms with van der Waals surface area (Å²) >= 11 is 0. The zero-order valence-electron chi connectivity index (χ0n) is 11.6. The van der Waals surface area contributed by atoms with Crippen LogP contribution in [-0.4, -0.2) is 12.5 Å². The van der Waals surface area contributed by atoms with Crippen LogP contribution >= 0.6 is 12.4 Å². The highest BCUT2D eigenvalue weighted by Gasteiger charge is 2.12. The summed E-state index contributed by atoms with van der Waals surface area (Å²) in [6, 6.07) is 9.42. The zero-order valence-corrected chi connectivity index (χ0v) is 12.4. The molecule has 0 saturated carbocycles. The van der Waals surface area contributed by atoms with Crippen LogP contribution in [0.2, 0.25) is 0 Å². The minimum Gasteiger partial charge on any atom is -0.466 e. The average molecular weight is 295 g/mol. The third-order valence-electron chi connectivity index (χ3n) is 2.96. The molecule has 0 aliphatic rings. The van der Waals surface area contributed by atoms with E-state index in [1.807, 2.05) is 31.2 Å². The van der Waals surface area contributed by atoms with Crippen molar-refractivity contribution in [2.24, 2.45) is 0 Å². The molecule has 4 nitrogen and oxygen atoms in total. The summed E-state index contributed by atoms with van der Waals surface area (Å²) in [5.74, 6) is 1.31. The number of aryl methyl sites for hydroxylation is 2. The smallest absolute Gasteiger partial charge is 0.254 e. The van der Waals surface area contributed by atoms with Crippen molar-refractivity contribution in [3.05, 3.63) is 53.0 Å². The van der Waals surface area contributed by atoms with Gasteiger partial charge in [0, 0.05) is 12.2 Å². The van der Waals surface area contributed by atoms with Gasteiger partial charge in [0.25, 0.3) is 5.91 Å². The summed E-state index contributed by atoms with van der Waals surface area (Å²) in [5, 5.41) is 2.89. The monoisotopic (exact) mass is 294 g/mol. The summed E-state index contributed by atoms with van der Waals surface area (Å²) in [5.41, 5.74) is 8.12. The largest absolute Gasteiger partial charge is 0.466 e. The Morgan fingerprint density at radius 1 is 1.25 bits per heavy atom. The predicted molar refractivity (Wildman–Crippen MR) is 82.3 cm³/mol. The Balaban J connectivity index is 0.00000200. The number of furan rings is 1. The van der Waals surface area contributed by atoms with Crippen molar-refractivity contribution in [3.63, 3.8) is 0 Å². The maximum absolute atomic E-state index is 11.9. The summed E-state index contributed by atoms with van der Waals surface area (Å²) in [6.07, 6.45) is 0.780. The molecule has 0 saturated heterocycles. The first kappa shape index (κ1) is 16.1. The molecule has 1 aromatic carbocycles. The number of benzene rings is 1. The summed E-state index contributed by atoms with van der Waals surface area (Å²) in [4.78, 5) is 11.9. The van der Waals surface area contributed by atoms with E-state index in [0.29, 0.717) is 17.9 Å². The Labute approximate surface area is 124 Å². The Bertz CT molecular complexity index is 576. The van der Waals surface area contributed by atoms with Crippen LogP contribution < -0.4 is 11.1 Å². The van der Waals surface area contributed by atoms with Gasteiger partial charge in [-0.25, -0.2) is 0 Å². The van der Waals surface area contributed by atoms with Gasteiger partial charge in [-0.1, -0.05) is 12.1 Å². The Morgan fingerprint density at radius 3 is 2.45 bits per heavy atom. The van der Waals surface area contributed by atoms with Gasteiger partial charge in [0.2, 0.25) is 0 Å². The minimum absolute atomic E-state index is 0. The van der Waals surface area contributed by atoms with Gasteiger partial charge in [0.15, 0.2) is 0 Å².